The molecule has 1 aliphatic heterocycles. The Kier molecular flexibility index (Phi) is 3.97. The number of aliphatic carboxylic acids is 1. The third kappa shape index (κ3) is 3.23. The third-order valence-electron chi connectivity index (χ3n) is 4.53. The molecule has 4 nitrogen and oxygen atoms in total. The first kappa shape index (κ1) is 13.8. The topological polar surface area (TPSA) is 52.6 Å². The smallest absolute Gasteiger partial charge is 0.324 e. The van der Waals surface area contributed by atoms with Crippen molar-refractivity contribution < 1.29 is 9.90 Å². The van der Waals surface area contributed by atoms with Gasteiger partial charge >= 0.3 is 5.97 Å². The van der Waals surface area contributed by atoms with E-state index in [0.29, 0.717) is 18.5 Å². The monoisotopic (exact) mass is 254 g/mol. The molecular formula is C14H26N2O2. The highest BCUT2D eigenvalue weighted by molar-refractivity contribution is 5.78. The first-order valence-corrected chi connectivity index (χ1v) is 7.14. The molecule has 1 saturated carbocycles. The lowest BCUT2D eigenvalue weighted by molar-refractivity contribution is -0.145. The normalized spacial score (nSPS) is 33.1. The molecule has 2 aliphatic rings. The summed E-state index contributed by atoms with van der Waals surface area (Å²) in [6, 6.07) is 0.423. The van der Waals surface area contributed by atoms with Crippen molar-refractivity contribution in [1.82, 2.24) is 10.2 Å². The SMILES string of the molecule is CC1CCN(CC(C)(NC2CC2)C(=O)O)CC1C. The van der Waals surface area contributed by atoms with Crippen LogP contribution in [0.2, 0.25) is 0 Å². The van der Waals surface area contributed by atoms with Gasteiger partial charge in [0.2, 0.25) is 0 Å². The van der Waals surface area contributed by atoms with E-state index in [1.807, 2.05) is 6.92 Å². The van der Waals surface area contributed by atoms with Gasteiger partial charge in [0, 0.05) is 19.1 Å². The van der Waals surface area contributed by atoms with E-state index in [2.05, 4.69) is 24.1 Å². The predicted octanol–water partition coefficient (Wildman–Crippen LogP) is 1.56. The Balaban J connectivity index is 1.93. The number of nitrogens with zero attached hydrogens (tertiary/aromatic N) is 1. The molecule has 2 rings (SSSR count). The second-order valence-electron chi connectivity index (χ2n) is 6.53. The van der Waals surface area contributed by atoms with Gasteiger partial charge in [-0.3, -0.25) is 10.1 Å². The molecule has 0 radical (unpaired) electrons. The van der Waals surface area contributed by atoms with E-state index in [-0.39, 0.29) is 0 Å². The minimum absolute atomic E-state index is 0.423. The Labute approximate surface area is 110 Å². The molecule has 1 saturated heterocycles. The van der Waals surface area contributed by atoms with Crippen LogP contribution in [0.25, 0.3) is 0 Å². The highest BCUT2D eigenvalue weighted by Gasteiger charge is 2.40. The van der Waals surface area contributed by atoms with E-state index in [1.165, 1.54) is 6.42 Å². The fourth-order valence-electron chi connectivity index (χ4n) is 2.79. The predicted molar refractivity (Wildman–Crippen MR) is 71.6 cm³/mol. The number of carboxylic acid groups (broad SMARTS) is 1. The number of hydrogen-bond donors (Lipinski definition) is 2. The van der Waals surface area contributed by atoms with Gasteiger partial charge in [-0.1, -0.05) is 13.8 Å². The first-order valence-electron chi connectivity index (χ1n) is 7.14. The van der Waals surface area contributed by atoms with Gasteiger partial charge in [0.15, 0.2) is 0 Å². The molecule has 4 heteroatoms. The fraction of sp³-hybridized carbons (Fsp3) is 0.929. The molecule has 3 atom stereocenters. The summed E-state index contributed by atoms with van der Waals surface area (Å²) >= 11 is 0. The first-order chi connectivity index (χ1) is 8.40. The summed E-state index contributed by atoms with van der Waals surface area (Å²) in [6.07, 6.45) is 3.42. The van der Waals surface area contributed by atoms with Crippen molar-refractivity contribution in [2.75, 3.05) is 19.6 Å². The maximum atomic E-state index is 11.5. The molecule has 2 fully saturated rings. The molecule has 0 spiro atoms. The highest BCUT2D eigenvalue weighted by Crippen LogP contribution is 2.26. The van der Waals surface area contributed by atoms with Gasteiger partial charge in [0.25, 0.3) is 0 Å². The zero-order valence-electron chi connectivity index (χ0n) is 11.8. The van der Waals surface area contributed by atoms with E-state index < -0.39 is 11.5 Å². The van der Waals surface area contributed by atoms with Crippen LogP contribution in [0.15, 0.2) is 0 Å². The Hall–Kier alpha value is -0.610. The lowest BCUT2D eigenvalue weighted by Gasteiger charge is -2.39. The maximum absolute atomic E-state index is 11.5. The van der Waals surface area contributed by atoms with Crippen LogP contribution in [-0.4, -0.2) is 47.2 Å². The summed E-state index contributed by atoms with van der Waals surface area (Å²) in [6.45, 7) is 9.06. The standard InChI is InChI=1S/C14H26N2O2/c1-10-6-7-16(8-11(10)2)9-14(3,13(17)18)15-12-4-5-12/h10-12,15H,4-9H2,1-3H3,(H,17,18). The second kappa shape index (κ2) is 5.17. The van der Waals surface area contributed by atoms with Gasteiger partial charge in [0.1, 0.15) is 5.54 Å². The van der Waals surface area contributed by atoms with Crippen molar-refractivity contribution in [3.8, 4) is 0 Å². The van der Waals surface area contributed by atoms with Crippen LogP contribution in [0.4, 0.5) is 0 Å². The van der Waals surface area contributed by atoms with Crippen LogP contribution in [0.1, 0.15) is 40.0 Å². The quantitative estimate of drug-likeness (QED) is 0.782. The van der Waals surface area contributed by atoms with E-state index in [4.69, 9.17) is 0 Å². The van der Waals surface area contributed by atoms with Crippen LogP contribution in [0.3, 0.4) is 0 Å². The van der Waals surface area contributed by atoms with Gasteiger partial charge in [0.05, 0.1) is 0 Å². The molecule has 0 bridgehead atoms. The number of nitrogens with one attached hydrogen (secondary N) is 1. The largest absolute Gasteiger partial charge is 0.480 e. The Bertz CT molecular complexity index is 317. The van der Waals surface area contributed by atoms with Gasteiger partial charge in [-0.2, -0.15) is 0 Å². The van der Waals surface area contributed by atoms with Crippen LogP contribution in [-0.2, 0) is 4.79 Å². The Morgan fingerprint density at radius 1 is 1.33 bits per heavy atom. The van der Waals surface area contributed by atoms with Crippen molar-refractivity contribution in [3.05, 3.63) is 0 Å². The van der Waals surface area contributed by atoms with Crippen LogP contribution in [0.5, 0.6) is 0 Å². The summed E-state index contributed by atoms with van der Waals surface area (Å²) in [5.74, 6) is 0.701. The maximum Gasteiger partial charge on any atom is 0.324 e. The number of carboxylic acids is 1. The van der Waals surface area contributed by atoms with E-state index in [9.17, 15) is 9.90 Å². The zero-order chi connectivity index (χ0) is 13.3. The van der Waals surface area contributed by atoms with Gasteiger partial charge < -0.3 is 10.0 Å². The molecule has 104 valence electrons. The summed E-state index contributed by atoms with van der Waals surface area (Å²) in [5, 5.41) is 12.8. The number of hydrogen-bond acceptors (Lipinski definition) is 3. The molecule has 0 amide bonds. The van der Waals surface area contributed by atoms with Crippen LogP contribution < -0.4 is 5.32 Å². The summed E-state index contributed by atoms with van der Waals surface area (Å²) in [5.41, 5.74) is -0.790. The van der Waals surface area contributed by atoms with Crippen LogP contribution >= 0.6 is 0 Å². The van der Waals surface area contributed by atoms with E-state index in [0.717, 1.165) is 31.8 Å². The molecule has 1 heterocycles. The van der Waals surface area contributed by atoms with E-state index in [1.54, 1.807) is 0 Å². The number of rotatable bonds is 5. The molecule has 0 aromatic heterocycles. The highest BCUT2D eigenvalue weighted by atomic mass is 16.4. The zero-order valence-corrected chi connectivity index (χ0v) is 11.8. The minimum atomic E-state index is -0.790. The van der Waals surface area contributed by atoms with Gasteiger partial charge in [-0.25, -0.2) is 0 Å². The van der Waals surface area contributed by atoms with Crippen LogP contribution in [0, 0.1) is 11.8 Å². The lowest BCUT2D eigenvalue weighted by atomic mass is 9.87. The number of carbonyl (C=O) groups is 1. The molecule has 1 aliphatic carbocycles. The van der Waals surface area contributed by atoms with Crippen molar-refractivity contribution in [2.45, 2.75) is 51.6 Å². The Morgan fingerprint density at radius 3 is 2.50 bits per heavy atom. The second-order valence-corrected chi connectivity index (χ2v) is 6.53. The van der Waals surface area contributed by atoms with Crippen molar-refractivity contribution >= 4 is 5.97 Å². The molecule has 0 aromatic carbocycles. The molecular weight excluding hydrogens is 228 g/mol. The number of likely N-dealkylation sites (tertiary alicyclic amines) is 1. The Morgan fingerprint density at radius 2 is 2.00 bits per heavy atom. The number of piperidine rings is 1. The van der Waals surface area contributed by atoms with Crippen molar-refractivity contribution in [3.63, 3.8) is 0 Å². The van der Waals surface area contributed by atoms with Gasteiger partial charge in [-0.05, 0) is 44.6 Å². The van der Waals surface area contributed by atoms with E-state index >= 15 is 0 Å². The fourth-order valence-corrected chi connectivity index (χ4v) is 2.79. The van der Waals surface area contributed by atoms with Crippen molar-refractivity contribution in [2.24, 2.45) is 11.8 Å². The average Bonchev–Trinajstić information content (AvgIpc) is 3.07. The third-order valence-corrected chi connectivity index (χ3v) is 4.53. The lowest BCUT2D eigenvalue weighted by Crippen LogP contribution is -2.59. The molecule has 2 N–H and O–H groups in total. The molecule has 3 unspecified atom stereocenters. The summed E-state index contributed by atoms with van der Waals surface area (Å²) in [7, 11) is 0. The van der Waals surface area contributed by atoms with Crippen molar-refractivity contribution in [1.29, 1.82) is 0 Å². The average molecular weight is 254 g/mol. The minimum Gasteiger partial charge on any atom is -0.480 e. The van der Waals surface area contributed by atoms with Gasteiger partial charge in [-0.15, -0.1) is 0 Å². The summed E-state index contributed by atoms with van der Waals surface area (Å²) < 4.78 is 0. The molecule has 18 heavy (non-hydrogen) atoms. The summed E-state index contributed by atoms with van der Waals surface area (Å²) in [4.78, 5) is 13.8. The molecule has 0 aromatic rings.